The molecule has 0 spiro atoms. The van der Waals surface area contributed by atoms with Crippen LogP contribution in [0.25, 0.3) is 17.4 Å². The van der Waals surface area contributed by atoms with Gasteiger partial charge in [0.1, 0.15) is 17.3 Å². The number of carbonyl (C=O) groups is 1. The van der Waals surface area contributed by atoms with Gasteiger partial charge in [-0.25, -0.2) is 9.79 Å². The largest absolute Gasteiger partial charge is 0.497 e. The molecule has 198 valence electrons. The van der Waals surface area contributed by atoms with Crippen LogP contribution in [-0.2, 0) is 9.53 Å². The monoisotopic (exact) mass is 545 g/mol. The highest BCUT2D eigenvalue weighted by atomic mass is 32.1. The first-order valence-electron chi connectivity index (χ1n) is 12.0. The van der Waals surface area contributed by atoms with Gasteiger partial charge in [-0.2, -0.15) is 0 Å². The van der Waals surface area contributed by atoms with Gasteiger partial charge in [0.2, 0.25) is 0 Å². The minimum absolute atomic E-state index is 0.0188. The molecule has 10 nitrogen and oxygen atoms in total. The van der Waals surface area contributed by atoms with Gasteiger partial charge in [0.15, 0.2) is 4.80 Å². The average Bonchev–Trinajstić information content (AvgIpc) is 3.52. The maximum atomic E-state index is 13.7. The Kier molecular flexibility index (Phi) is 6.99. The van der Waals surface area contributed by atoms with Crippen LogP contribution in [0.1, 0.15) is 31.2 Å². The van der Waals surface area contributed by atoms with Crippen LogP contribution in [0.5, 0.6) is 5.75 Å². The highest BCUT2D eigenvalue weighted by Crippen LogP contribution is 2.32. The Morgan fingerprint density at radius 3 is 2.67 bits per heavy atom. The van der Waals surface area contributed by atoms with Crippen molar-refractivity contribution in [3.8, 4) is 17.1 Å². The van der Waals surface area contributed by atoms with E-state index in [0.717, 1.165) is 0 Å². The lowest BCUT2D eigenvalue weighted by Gasteiger charge is -2.24. The predicted octanol–water partition coefficient (Wildman–Crippen LogP) is 3.98. The Hall–Kier alpha value is -4.77. The normalized spacial score (nSPS) is 15.1. The maximum Gasteiger partial charge on any atom is 0.338 e. The lowest BCUT2D eigenvalue weighted by Crippen LogP contribution is -2.39. The van der Waals surface area contributed by atoms with E-state index in [2.05, 4.69) is 4.99 Å². The Morgan fingerprint density at radius 1 is 1.21 bits per heavy atom. The smallest absolute Gasteiger partial charge is 0.338 e. The SMILES string of the molecule is CCOC(=O)C1=C(C)N=c2s/c(=C/c3ccc(-c4ccc([N+](=O)[O-])cc4)o3)c(=O)n2[C@@H]1c1cccc(OC)c1. The number of rotatable bonds is 7. The molecule has 1 aliphatic heterocycles. The summed E-state index contributed by atoms with van der Waals surface area (Å²) >= 11 is 1.18. The molecule has 3 heterocycles. The molecule has 5 rings (SSSR count). The zero-order valence-corrected chi connectivity index (χ0v) is 22.1. The van der Waals surface area contributed by atoms with E-state index in [1.165, 1.54) is 28.0 Å². The van der Waals surface area contributed by atoms with Gasteiger partial charge < -0.3 is 13.9 Å². The number of aromatic nitrogens is 1. The van der Waals surface area contributed by atoms with Crippen LogP contribution >= 0.6 is 11.3 Å². The van der Waals surface area contributed by atoms with Crippen molar-refractivity contribution < 1.29 is 23.6 Å². The van der Waals surface area contributed by atoms with Crippen molar-refractivity contribution in [3.05, 3.63) is 113 Å². The molecule has 0 amide bonds. The van der Waals surface area contributed by atoms with Crippen LogP contribution in [0, 0.1) is 10.1 Å². The van der Waals surface area contributed by atoms with Crippen LogP contribution in [0.3, 0.4) is 0 Å². The van der Waals surface area contributed by atoms with E-state index in [1.807, 2.05) is 6.07 Å². The first-order chi connectivity index (χ1) is 18.8. The summed E-state index contributed by atoms with van der Waals surface area (Å²) in [6.07, 6.45) is 1.62. The molecule has 11 heteroatoms. The second-order valence-corrected chi connectivity index (χ2v) is 9.59. The van der Waals surface area contributed by atoms with Gasteiger partial charge in [0, 0.05) is 23.8 Å². The Balaban J connectivity index is 1.60. The number of non-ortho nitro benzene ring substituents is 1. The second-order valence-electron chi connectivity index (χ2n) is 8.58. The Bertz CT molecular complexity index is 1800. The highest BCUT2D eigenvalue weighted by Gasteiger charge is 2.33. The van der Waals surface area contributed by atoms with Crippen LogP contribution in [-0.4, -0.2) is 29.2 Å². The molecule has 0 bridgehead atoms. The van der Waals surface area contributed by atoms with Crippen LogP contribution in [0.2, 0.25) is 0 Å². The number of ether oxygens (including phenoxy) is 2. The van der Waals surface area contributed by atoms with Gasteiger partial charge in [0.05, 0.1) is 40.5 Å². The number of hydrogen-bond acceptors (Lipinski definition) is 9. The van der Waals surface area contributed by atoms with E-state index in [1.54, 1.807) is 69.5 Å². The molecule has 0 fully saturated rings. The maximum absolute atomic E-state index is 13.7. The van der Waals surface area contributed by atoms with E-state index in [9.17, 15) is 19.7 Å². The number of carbonyl (C=O) groups excluding carboxylic acids is 1. The Morgan fingerprint density at radius 2 is 1.97 bits per heavy atom. The first-order valence-corrected chi connectivity index (χ1v) is 12.8. The molecule has 0 saturated heterocycles. The van der Waals surface area contributed by atoms with E-state index in [4.69, 9.17) is 13.9 Å². The molecule has 4 aromatic rings. The molecule has 0 aliphatic carbocycles. The molecular formula is C28H23N3O7S. The second kappa shape index (κ2) is 10.5. The zero-order valence-electron chi connectivity index (χ0n) is 21.2. The highest BCUT2D eigenvalue weighted by molar-refractivity contribution is 7.07. The number of methoxy groups -OCH3 is 1. The lowest BCUT2D eigenvalue weighted by molar-refractivity contribution is -0.384. The van der Waals surface area contributed by atoms with Gasteiger partial charge in [-0.1, -0.05) is 23.5 Å². The van der Waals surface area contributed by atoms with E-state index in [0.29, 0.717) is 43.4 Å². The molecular weight excluding hydrogens is 522 g/mol. The molecule has 0 radical (unpaired) electrons. The standard InChI is InChI=1S/C28H23N3O7S/c1-4-37-27(33)24-16(2)29-28-30(25(24)18-6-5-7-20(14-18)36-3)26(32)23(39-28)15-21-12-13-22(38-21)17-8-10-19(11-9-17)31(34)35/h5-15,25H,4H2,1-3H3/b23-15+/t25-/m1/s1. The third-order valence-corrected chi connectivity index (χ3v) is 7.17. The van der Waals surface area contributed by atoms with Gasteiger partial charge in [-0.3, -0.25) is 19.5 Å². The van der Waals surface area contributed by atoms with Crippen molar-refractivity contribution in [2.24, 2.45) is 4.99 Å². The zero-order chi connectivity index (χ0) is 27.7. The number of furan rings is 1. The van der Waals surface area contributed by atoms with Crippen molar-refractivity contribution in [1.29, 1.82) is 0 Å². The fourth-order valence-electron chi connectivity index (χ4n) is 4.38. The molecule has 0 saturated carbocycles. The molecule has 0 N–H and O–H groups in total. The van der Waals surface area contributed by atoms with Crippen LogP contribution in [0.15, 0.2) is 86.1 Å². The van der Waals surface area contributed by atoms with Crippen molar-refractivity contribution in [3.63, 3.8) is 0 Å². The summed E-state index contributed by atoms with van der Waals surface area (Å²) < 4.78 is 18.5. The topological polar surface area (TPSA) is 126 Å². The van der Waals surface area contributed by atoms with Crippen LogP contribution < -0.4 is 19.6 Å². The van der Waals surface area contributed by atoms with Gasteiger partial charge in [-0.05, 0) is 55.8 Å². The number of nitrogens with zero attached hydrogens (tertiary/aromatic N) is 3. The van der Waals surface area contributed by atoms with Crippen molar-refractivity contribution in [1.82, 2.24) is 4.57 Å². The average molecular weight is 546 g/mol. The van der Waals surface area contributed by atoms with Crippen molar-refractivity contribution in [2.75, 3.05) is 13.7 Å². The fourth-order valence-corrected chi connectivity index (χ4v) is 5.41. The van der Waals surface area contributed by atoms with Gasteiger partial charge in [0.25, 0.3) is 11.2 Å². The number of thiazole rings is 1. The quantitative estimate of drug-likeness (QED) is 0.195. The summed E-state index contributed by atoms with van der Waals surface area (Å²) in [5.41, 5.74) is 1.73. The number of allylic oxidation sites excluding steroid dienone is 1. The Labute approximate surface area is 225 Å². The molecule has 1 atom stereocenters. The summed E-state index contributed by atoms with van der Waals surface area (Å²) in [4.78, 5) is 42.2. The number of hydrogen-bond donors (Lipinski definition) is 0. The number of nitro benzene ring substituents is 1. The number of benzene rings is 2. The summed E-state index contributed by atoms with van der Waals surface area (Å²) in [6, 6.07) is 15.9. The minimum atomic E-state index is -0.759. The summed E-state index contributed by atoms with van der Waals surface area (Å²) in [6.45, 7) is 3.62. The van der Waals surface area contributed by atoms with E-state index < -0.39 is 16.9 Å². The summed E-state index contributed by atoms with van der Waals surface area (Å²) in [5, 5.41) is 10.9. The van der Waals surface area contributed by atoms with Crippen molar-refractivity contribution in [2.45, 2.75) is 19.9 Å². The third-order valence-electron chi connectivity index (χ3n) is 6.19. The molecule has 0 unspecified atom stereocenters. The van der Waals surface area contributed by atoms with E-state index >= 15 is 0 Å². The number of fused-ring (bicyclic) bond motifs is 1. The van der Waals surface area contributed by atoms with Crippen LogP contribution in [0.4, 0.5) is 5.69 Å². The molecule has 1 aliphatic rings. The fraction of sp³-hybridized carbons (Fsp3) is 0.179. The third kappa shape index (κ3) is 4.91. The summed E-state index contributed by atoms with van der Waals surface area (Å²) in [5.74, 6) is 0.966. The molecule has 2 aromatic carbocycles. The first kappa shape index (κ1) is 25.9. The molecule has 2 aromatic heterocycles. The van der Waals surface area contributed by atoms with Gasteiger partial charge >= 0.3 is 5.97 Å². The minimum Gasteiger partial charge on any atom is -0.497 e. The molecule has 39 heavy (non-hydrogen) atoms. The summed E-state index contributed by atoms with van der Waals surface area (Å²) in [7, 11) is 1.55. The van der Waals surface area contributed by atoms with Crippen molar-refractivity contribution >= 4 is 29.1 Å². The number of nitro groups is 1. The van der Waals surface area contributed by atoms with Gasteiger partial charge in [-0.15, -0.1) is 0 Å². The predicted molar refractivity (Wildman–Crippen MR) is 144 cm³/mol. The van der Waals surface area contributed by atoms with E-state index in [-0.39, 0.29) is 23.4 Å². The number of esters is 1. The lowest BCUT2D eigenvalue weighted by atomic mass is 9.95.